The van der Waals surface area contributed by atoms with Gasteiger partial charge in [-0.15, -0.1) is 0 Å². The highest BCUT2D eigenvalue weighted by atomic mass is 35.5. The average molecular weight is 500 g/mol. The molecule has 3 aromatic rings. The molecule has 2 aromatic carbocycles. The van der Waals surface area contributed by atoms with Gasteiger partial charge in [0, 0.05) is 30.7 Å². The van der Waals surface area contributed by atoms with Crippen molar-refractivity contribution in [3.8, 4) is 11.3 Å². The van der Waals surface area contributed by atoms with Gasteiger partial charge < -0.3 is 20.7 Å². The number of hydrogen-bond donors (Lipinski definition) is 2. The molecule has 1 aliphatic rings. The first-order chi connectivity index (χ1) is 16.3. The third kappa shape index (κ3) is 5.27. The van der Waals surface area contributed by atoms with Crippen molar-refractivity contribution in [2.75, 3.05) is 30.8 Å². The summed E-state index contributed by atoms with van der Waals surface area (Å²) in [5.74, 6) is 0.733. The van der Waals surface area contributed by atoms with Crippen LogP contribution in [0.5, 0.6) is 0 Å². The lowest BCUT2D eigenvalue weighted by molar-refractivity contribution is 0.0600. The van der Waals surface area contributed by atoms with E-state index in [2.05, 4.69) is 27.1 Å². The van der Waals surface area contributed by atoms with Crippen molar-refractivity contribution in [1.29, 1.82) is 0 Å². The normalized spacial score (nSPS) is 15.2. The van der Waals surface area contributed by atoms with Crippen LogP contribution in [0.1, 0.15) is 35.7 Å². The Bertz CT molecular complexity index is 1200. The smallest absolute Gasteiger partial charge is 0.337 e. The largest absolute Gasteiger partial charge is 0.465 e. The van der Waals surface area contributed by atoms with Crippen molar-refractivity contribution in [3.05, 3.63) is 69.8 Å². The second kappa shape index (κ2) is 10.2. The van der Waals surface area contributed by atoms with Gasteiger partial charge in [0.2, 0.25) is 0 Å². The summed E-state index contributed by atoms with van der Waals surface area (Å²) in [6, 6.07) is 12.9. The van der Waals surface area contributed by atoms with Gasteiger partial charge in [-0.2, -0.15) is 0 Å². The Hall–Kier alpha value is -2.87. The molecule has 4 rings (SSSR count). The lowest BCUT2D eigenvalue weighted by Gasteiger charge is -2.40. The van der Waals surface area contributed by atoms with Crippen molar-refractivity contribution in [2.24, 2.45) is 0 Å². The molecule has 34 heavy (non-hydrogen) atoms. The number of rotatable bonds is 6. The Labute approximate surface area is 209 Å². The molecule has 0 atom stereocenters. The lowest BCUT2D eigenvalue weighted by atomic mass is 9.89. The van der Waals surface area contributed by atoms with Gasteiger partial charge in [0.15, 0.2) is 5.82 Å². The van der Waals surface area contributed by atoms with Gasteiger partial charge in [0.1, 0.15) is 11.5 Å². The Morgan fingerprint density at radius 2 is 1.94 bits per heavy atom. The van der Waals surface area contributed by atoms with Gasteiger partial charge in [0.05, 0.1) is 28.9 Å². The number of aromatic nitrogens is 2. The molecular weight excluding hydrogens is 473 g/mol. The van der Waals surface area contributed by atoms with E-state index in [0.717, 1.165) is 37.3 Å². The summed E-state index contributed by atoms with van der Waals surface area (Å²) >= 11 is 12.5. The molecule has 0 aliphatic carbocycles. The fraction of sp³-hybridized carbons (Fsp3) is 0.320. The summed E-state index contributed by atoms with van der Waals surface area (Å²) in [6.45, 7) is 4.52. The van der Waals surface area contributed by atoms with Crippen LogP contribution in [-0.2, 0) is 11.3 Å². The summed E-state index contributed by atoms with van der Waals surface area (Å²) in [5.41, 5.74) is 8.99. The van der Waals surface area contributed by atoms with E-state index in [-0.39, 0.29) is 11.5 Å². The van der Waals surface area contributed by atoms with Gasteiger partial charge in [0.25, 0.3) is 0 Å². The van der Waals surface area contributed by atoms with Crippen LogP contribution in [0.3, 0.4) is 0 Å². The van der Waals surface area contributed by atoms with Crippen LogP contribution in [0.15, 0.2) is 48.7 Å². The predicted octanol–water partition coefficient (Wildman–Crippen LogP) is 4.97. The first-order valence-corrected chi connectivity index (χ1v) is 11.8. The van der Waals surface area contributed by atoms with E-state index >= 15 is 0 Å². The maximum atomic E-state index is 11.8. The number of hydrogen-bond acceptors (Lipinski definition) is 7. The van der Waals surface area contributed by atoms with Crippen LogP contribution in [0.25, 0.3) is 11.3 Å². The van der Waals surface area contributed by atoms with Crippen LogP contribution in [0.4, 0.5) is 11.6 Å². The first-order valence-electron chi connectivity index (χ1n) is 11.0. The Morgan fingerprint density at radius 1 is 1.21 bits per heavy atom. The fourth-order valence-corrected chi connectivity index (χ4v) is 4.48. The molecule has 0 spiro atoms. The highest BCUT2D eigenvalue weighted by Crippen LogP contribution is 2.35. The van der Waals surface area contributed by atoms with E-state index < -0.39 is 0 Å². The molecule has 0 saturated carbocycles. The molecule has 3 N–H and O–H groups in total. The number of halogens is 2. The fourth-order valence-electron chi connectivity index (χ4n) is 4.09. The standard InChI is InChI=1S/C25H27Cl2N5O2/c1-25(30-14-16-5-3-6-17(13-16)24(33)34-2)9-11-32(12-10-25)20-15-29-22(23(28)31-20)18-7-4-8-19(26)21(18)27/h3-8,13,15,30H,9-12,14H2,1-2H3,(H2,28,31). The number of nitrogen functional groups attached to an aromatic ring is 1. The molecule has 7 nitrogen and oxygen atoms in total. The summed E-state index contributed by atoms with van der Waals surface area (Å²) < 4.78 is 4.81. The minimum Gasteiger partial charge on any atom is -0.465 e. The van der Waals surface area contributed by atoms with Crippen LogP contribution < -0.4 is 16.0 Å². The second-order valence-electron chi connectivity index (χ2n) is 8.66. The Balaban J connectivity index is 1.39. The van der Waals surface area contributed by atoms with Crippen LogP contribution >= 0.6 is 23.2 Å². The molecule has 2 heterocycles. The number of nitrogens with one attached hydrogen (secondary N) is 1. The molecule has 178 valence electrons. The maximum Gasteiger partial charge on any atom is 0.337 e. The zero-order valence-corrected chi connectivity index (χ0v) is 20.7. The number of carbonyl (C=O) groups excluding carboxylic acids is 1. The molecule has 0 radical (unpaired) electrons. The van der Waals surface area contributed by atoms with Gasteiger partial charge in [-0.05, 0) is 43.5 Å². The van der Waals surface area contributed by atoms with Crippen LogP contribution in [0, 0.1) is 0 Å². The van der Waals surface area contributed by atoms with E-state index in [1.165, 1.54) is 7.11 Å². The summed E-state index contributed by atoms with van der Waals surface area (Å²) in [7, 11) is 1.39. The number of esters is 1. The van der Waals surface area contributed by atoms with Crippen molar-refractivity contribution in [3.63, 3.8) is 0 Å². The van der Waals surface area contributed by atoms with Gasteiger partial charge in [-0.25, -0.2) is 14.8 Å². The number of nitrogens with two attached hydrogens (primary N) is 1. The average Bonchev–Trinajstić information content (AvgIpc) is 2.85. The van der Waals surface area contributed by atoms with E-state index in [1.807, 2.05) is 30.3 Å². The zero-order chi connectivity index (χ0) is 24.3. The molecule has 1 aromatic heterocycles. The van der Waals surface area contributed by atoms with E-state index in [9.17, 15) is 4.79 Å². The van der Waals surface area contributed by atoms with E-state index in [0.29, 0.717) is 39.2 Å². The number of carbonyl (C=O) groups is 1. The molecule has 1 saturated heterocycles. The number of ether oxygens (including phenoxy) is 1. The quantitative estimate of drug-likeness (QED) is 0.462. The zero-order valence-electron chi connectivity index (χ0n) is 19.1. The SMILES string of the molecule is COC(=O)c1cccc(CNC2(C)CCN(c3cnc(-c4cccc(Cl)c4Cl)c(N)n3)CC2)c1. The molecule has 0 amide bonds. The number of piperidine rings is 1. The predicted molar refractivity (Wildman–Crippen MR) is 136 cm³/mol. The van der Waals surface area contributed by atoms with Crippen molar-refractivity contribution >= 4 is 40.8 Å². The molecule has 9 heteroatoms. The highest BCUT2D eigenvalue weighted by molar-refractivity contribution is 6.43. The lowest BCUT2D eigenvalue weighted by Crippen LogP contribution is -2.51. The minimum absolute atomic E-state index is 0.0367. The number of nitrogens with zero attached hydrogens (tertiary/aromatic N) is 3. The molecule has 1 fully saturated rings. The highest BCUT2D eigenvalue weighted by Gasteiger charge is 2.30. The first kappa shape index (κ1) is 24.3. The Morgan fingerprint density at radius 3 is 2.65 bits per heavy atom. The second-order valence-corrected chi connectivity index (χ2v) is 9.44. The Kier molecular flexibility index (Phi) is 7.26. The van der Waals surface area contributed by atoms with Crippen LogP contribution in [-0.4, -0.2) is 41.7 Å². The maximum absolute atomic E-state index is 11.8. The van der Waals surface area contributed by atoms with Crippen molar-refractivity contribution < 1.29 is 9.53 Å². The topological polar surface area (TPSA) is 93.4 Å². The number of benzene rings is 2. The van der Waals surface area contributed by atoms with Gasteiger partial charge in [-0.3, -0.25) is 0 Å². The summed E-state index contributed by atoms with van der Waals surface area (Å²) in [5, 5.41) is 4.52. The van der Waals surface area contributed by atoms with Gasteiger partial charge >= 0.3 is 5.97 Å². The molecular formula is C25H27Cl2N5O2. The van der Waals surface area contributed by atoms with Crippen molar-refractivity contribution in [2.45, 2.75) is 31.8 Å². The minimum atomic E-state index is -0.328. The van der Waals surface area contributed by atoms with E-state index in [4.69, 9.17) is 33.7 Å². The summed E-state index contributed by atoms with van der Waals surface area (Å²) in [6.07, 6.45) is 3.58. The van der Waals surface area contributed by atoms with Crippen LogP contribution in [0.2, 0.25) is 10.0 Å². The molecule has 0 unspecified atom stereocenters. The van der Waals surface area contributed by atoms with E-state index in [1.54, 1.807) is 18.3 Å². The number of anilines is 2. The number of methoxy groups -OCH3 is 1. The third-order valence-corrected chi connectivity index (χ3v) is 7.07. The molecule has 1 aliphatic heterocycles. The van der Waals surface area contributed by atoms with Crippen molar-refractivity contribution in [1.82, 2.24) is 15.3 Å². The monoisotopic (exact) mass is 499 g/mol. The molecule has 0 bridgehead atoms. The third-order valence-electron chi connectivity index (χ3n) is 6.25. The van der Waals surface area contributed by atoms with Gasteiger partial charge in [-0.1, -0.05) is 47.5 Å². The summed E-state index contributed by atoms with van der Waals surface area (Å²) in [4.78, 5) is 23.1.